The van der Waals surface area contributed by atoms with Gasteiger partial charge in [0.05, 0.1) is 24.4 Å². The van der Waals surface area contributed by atoms with Crippen LogP contribution in [-0.4, -0.2) is 46.2 Å². The van der Waals surface area contributed by atoms with Gasteiger partial charge in [-0.25, -0.2) is 0 Å². The van der Waals surface area contributed by atoms with E-state index >= 15 is 0 Å². The molecule has 0 unspecified atom stereocenters. The number of hydrogen-bond acceptors (Lipinski definition) is 4. The third-order valence-corrected chi connectivity index (χ3v) is 4.71. The Balaban J connectivity index is 1.60. The van der Waals surface area contributed by atoms with E-state index in [1.807, 2.05) is 43.4 Å². The molecule has 0 bridgehead atoms. The number of rotatable bonds is 6. The molecule has 26 heavy (non-hydrogen) atoms. The molecule has 1 aromatic heterocycles. The highest BCUT2D eigenvalue weighted by Crippen LogP contribution is 2.30. The van der Waals surface area contributed by atoms with Gasteiger partial charge in [0.25, 0.3) is 0 Å². The molecule has 1 aromatic carbocycles. The van der Waals surface area contributed by atoms with Crippen molar-refractivity contribution in [3.63, 3.8) is 0 Å². The van der Waals surface area contributed by atoms with E-state index in [2.05, 4.69) is 10.4 Å². The lowest BCUT2D eigenvalue weighted by Crippen LogP contribution is -2.51. The van der Waals surface area contributed by atoms with Crippen molar-refractivity contribution in [3.8, 4) is 0 Å². The first-order valence-corrected chi connectivity index (χ1v) is 8.71. The van der Waals surface area contributed by atoms with E-state index < -0.39 is 0 Å². The predicted molar refractivity (Wildman–Crippen MR) is 96.0 cm³/mol. The van der Waals surface area contributed by atoms with E-state index in [1.54, 1.807) is 22.8 Å². The van der Waals surface area contributed by atoms with E-state index in [0.29, 0.717) is 19.4 Å². The zero-order valence-electron chi connectivity index (χ0n) is 15.1. The Morgan fingerprint density at radius 3 is 2.73 bits per heavy atom. The molecule has 2 atom stereocenters. The molecule has 1 fully saturated rings. The molecule has 1 aliphatic heterocycles. The summed E-state index contributed by atoms with van der Waals surface area (Å²) in [4.78, 5) is 26.1. The average molecular weight is 356 g/mol. The molecule has 0 saturated carbocycles. The van der Waals surface area contributed by atoms with Crippen LogP contribution in [-0.2, 0) is 28.0 Å². The van der Waals surface area contributed by atoms with Crippen LogP contribution in [0.1, 0.15) is 30.1 Å². The molecule has 7 nitrogen and oxygen atoms in total. The second-order valence-corrected chi connectivity index (χ2v) is 6.52. The number of hydrogen-bond donors (Lipinski definition) is 1. The molecule has 3 rings (SSSR count). The molecule has 1 aliphatic rings. The summed E-state index contributed by atoms with van der Waals surface area (Å²) in [5, 5.41) is 7.21. The predicted octanol–water partition coefficient (Wildman–Crippen LogP) is 1.41. The van der Waals surface area contributed by atoms with Gasteiger partial charge in [0.1, 0.15) is 6.61 Å². The number of nitrogens with one attached hydrogen (secondary N) is 1. The normalized spacial score (nSPS) is 20.2. The summed E-state index contributed by atoms with van der Waals surface area (Å²) < 4.78 is 7.25. The fraction of sp³-hybridized carbons (Fsp3) is 0.421. The standard InChI is InChI=1S/C19H24N4O3/c1-22-18(25)9-8-15(19(22)16-10-11-20-23(16)2)21-17(24)13-26-12-14-6-4-3-5-7-14/h3-7,10-11,15,19H,8-9,12-13H2,1-2H3,(H,21,24)/t15-,19-/m1/s1. The van der Waals surface area contributed by atoms with Crippen molar-refractivity contribution in [1.82, 2.24) is 20.0 Å². The zero-order chi connectivity index (χ0) is 18.5. The lowest BCUT2D eigenvalue weighted by molar-refractivity contribution is -0.138. The van der Waals surface area contributed by atoms with Crippen molar-refractivity contribution in [2.75, 3.05) is 13.7 Å². The minimum absolute atomic E-state index is 0.0127. The second kappa shape index (κ2) is 8.14. The zero-order valence-corrected chi connectivity index (χ0v) is 15.1. The van der Waals surface area contributed by atoms with Gasteiger partial charge in [0.15, 0.2) is 0 Å². The quantitative estimate of drug-likeness (QED) is 0.849. The highest BCUT2D eigenvalue weighted by molar-refractivity contribution is 5.80. The molecule has 0 aliphatic carbocycles. The van der Waals surface area contributed by atoms with Gasteiger partial charge in [0.2, 0.25) is 11.8 Å². The van der Waals surface area contributed by atoms with E-state index in [1.165, 1.54) is 0 Å². The summed E-state index contributed by atoms with van der Waals surface area (Å²) in [6.07, 6.45) is 2.72. The third-order valence-electron chi connectivity index (χ3n) is 4.71. The van der Waals surface area contributed by atoms with E-state index in [4.69, 9.17) is 4.74 Å². The van der Waals surface area contributed by atoms with Gasteiger partial charge in [-0.15, -0.1) is 0 Å². The second-order valence-electron chi connectivity index (χ2n) is 6.52. The van der Waals surface area contributed by atoms with Gasteiger partial charge in [0, 0.05) is 26.7 Å². The number of aromatic nitrogens is 2. The fourth-order valence-electron chi connectivity index (χ4n) is 3.35. The Bertz CT molecular complexity index is 759. The van der Waals surface area contributed by atoms with Crippen LogP contribution in [0, 0.1) is 0 Å². The lowest BCUT2D eigenvalue weighted by Gasteiger charge is -2.39. The van der Waals surface area contributed by atoms with Gasteiger partial charge >= 0.3 is 0 Å². The minimum atomic E-state index is -0.234. The molecule has 0 spiro atoms. The van der Waals surface area contributed by atoms with Crippen molar-refractivity contribution in [1.29, 1.82) is 0 Å². The highest BCUT2D eigenvalue weighted by Gasteiger charge is 2.37. The minimum Gasteiger partial charge on any atom is -0.367 e. The van der Waals surface area contributed by atoms with Gasteiger partial charge < -0.3 is 15.0 Å². The Kier molecular flexibility index (Phi) is 5.68. The summed E-state index contributed by atoms with van der Waals surface area (Å²) in [5.74, 6) is -0.108. The molecule has 2 heterocycles. The first kappa shape index (κ1) is 18.1. The van der Waals surface area contributed by atoms with E-state index in [0.717, 1.165) is 11.3 Å². The number of piperidine rings is 1. The van der Waals surface area contributed by atoms with Crippen molar-refractivity contribution in [2.24, 2.45) is 7.05 Å². The summed E-state index contributed by atoms with van der Waals surface area (Å²) in [6.45, 7) is 0.379. The van der Waals surface area contributed by atoms with Crippen LogP contribution in [0.4, 0.5) is 0 Å². The Morgan fingerprint density at radius 1 is 1.27 bits per heavy atom. The Labute approximate surface area is 152 Å². The molecular weight excluding hydrogens is 332 g/mol. The van der Waals surface area contributed by atoms with Crippen LogP contribution in [0.25, 0.3) is 0 Å². The Morgan fingerprint density at radius 2 is 2.04 bits per heavy atom. The van der Waals surface area contributed by atoms with Crippen LogP contribution in [0.3, 0.4) is 0 Å². The number of amides is 2. The van der Waals surface area contributed by atoms with Crippen LogP contribution in [0.15, 0.2) is 42.6 Å². The third kappa shape index (κ3) is 4.11. The van der Waals surface area contributed by atoms with Crippen LogP contribution in [0.5, 0.6) is 0 Å². The number of likely N-dealkylation sites (N-methyl/N-ethyl adjacent to an activating group) is 1. The average Bonchev–Trinajstić information content (AvgIpc) is 3.05. The smallest absolute Gasteiger partial charge is 0.246 e. The number of likely N-dealkylation sites (tertiary alicyclic amines) is 1. The van der Waals surface area contributed by atoms with Gasteiger partial charge in [-0.3, -0.25) is 14.3 Å². The van der Waals surface area contributed by atoms with Crippen molar-refractivity contribution < 1.29 is 14.3 Å². The number of ether oxygens (including phenoxy) is 1. The molecule has 2 amide bonds. The molecule has 7 heteroatoms. The summed E-state index contributed by atoms with van der Waals surface area (Å²) >= 11 is 0. The molecule has 1 N–H and O–H groups in total. The van der Waals surface area contributed by atoms with Crippen molar-refractivity contribution >= 4 is 11.8 Å². The van der Waals surface area contributed by atoms with Crippen LogP contribution < -0.4 is 5.32 Å². The topological polar surface area (TPSA) is 76.5 Å². The van der Waals surface area contributed by atoms with Gasteiger partial charge in [-0.2, -0.15) is 5.10 Å². The maximum absolute atomic E-state index is 12.3. The molecular formula is C19H24N4O3. The summed E-state index contributed by atoms with van der Waals surface area (Å²) in [5.41, 5.74) is 1.92. The molecule has 138 valence electrons. The largest absolute Gasteiger partial charge is 0.367 e. The first-order valence-electron chi connectivity index (χ1n) is 8.71. The number of aryl methyl sites for hydroxylation is 1. The van der Waals surface area contributed by atoms with Crippen LogP contribution >= 0.6 is 0 Å². The number of nitrogens with zero attached hydrogens (tertiary/aromatic N) is 3. The van der Waals surface area contributed by atoms with Gasteiger partial charge in [-0.05, 0) is 18.1 Å². The van der Waals surface area contributed by atoms with E-state index in [-0.39, 0.29) is 30.5 Å². The molecule has 1 saturated heterocycles. The Hall–Kier alpha value is -2.67. The number of carbonyl (C=O) groups excluding carboxylic acids is 2. The number of benzene rings is 1. The summed E-state index contributed by atoms with van der Waals surface area (Å²) in [7, 11) is 3.61. The first-order chi connectivity index (χ1) is 12.6. The van der Waals surface area contributed by atoms with Crippen molar-refractivity contribution in [2.45, 2.75) is 31.5 Å². The lowest BCUT2D eigenvalue weighted by atomic mass is 9.93. The highest BCUT2D eigenvalue weighted by atomic mass is 16.5. The SMILES string of the molecule is CN1C(=O)CC[C@@H](NC(=O)COCc2ccccc2)[C@@H]1c1ccnn1C. The van der Waals surface area contributed by atoms with E-state index in [9.17, 15) is 9.59 Å². The van der Waals surface area contributed by atoms with Gasteiger partial charge in [-0.1, -0.05) is 30.3 Å². The molecule has 2 aromatic rings. The monoisotopic (exact) mass is 356 g/mol. The fourth-order valence-corrected chi connectivity index (χ4v) is 3.35. The maximum atomic E-state index is 12.3. The van der Waals surface area contributed by atoms with Crippen molar-refractivity contribution in [3.05, 3.63) is 53.9 Å². The molecule has 0 radical (unpaired) electrons. The summed E-state index contributed by atoms with van der Waals surface area (Å²) in [6, 6.07) is 11.2. The van der Waals surface area contributed by atoms with Crippen LogP contribution in [0.2, 0.25) is 0 Å². The maximum Gasteiger partial charge on any atom is 0.246 e. The number of carbonyl (C=O) groups is 2.